The number of hydrogen-bond acceptors (Lipinski definition) is 4. The minimum absolute atomic E-state index is 0.0358. The molecule has 0 bridgehead atoms. The summed E-state index contributed by atoms with van der Waals surface area (Å²) in [6, 6.07) is 6.41. The summed E-state index contributed by atoms with van der Waals surface area (Å²) in [6.07, 6.45) is 6.04. The van der Waals surface area contributed by atoms with E-state index in [0.29, 0.717) is 10.8 Å². The molecule has 3 N–H and O–H groups in total. The molecule has 4 nitrogen and oxygen atoms in total. The van der Waals surface area contributed by atoms with Crippen LogP contribution < -0.4 is 10.5 Å². The Balaban J connectivity index is 2.03. The first kappa shape index (κ1) is 16.7. The molecule has 0 unspecified atom stereocenters. The number of nitrogens with one attached hydrogen (secondary N) is 1. The quantitative estimate of drug-likeness (QED) is 0.802. The van der Waals surface area contributed by atoms with Crippen molar-refractivity contribution in [2.24, 2.45) is 5.73 Å². The molecule has 0 spiro atoms. The average molecular weight is 345 g/mol. The molecule has 0 saturated heterocycles. The third-order valence-electron chi connectivity index (χ3n) is 3.78. The van der Waals surface area contributed by atoms with Crippen molar-refractivity contribution in [1.82, 2.24) is 4.72 Å². The van der Waals surface area contributed by atoms with Crippen molar-refractivity contribution in [2.45, 2.75) is 41.9 Å². The molecule has 116 valence electrons. The van der Waals surface area contributed by atoms with E-state index >= 15 is 0 Å². The second-order valence-corrected chi connectivity index (χ2v) is 8.51. The van der Waals surface area contributed by atoms with Crippen LogP contribution >= 0.6 is 24.0 Å². The van der Waals surface area contributed by atoms with Crippen molar-refractivity contribution in [3.8, 4) is 0 Å². The average Bonchev–Trinajstić information content (AvgIpc) is 2.48. The first-order valence-corrected chi connectivity index (χ1v) is 10.1. The molecule has 1 aromatic rings. The summed E-state index contributed by atoms with van der Waals surface area (Å²) in [6.45, 7) is 0. The Kier molecular flexibility index (Phi) is 5.65. The summed E-state index contributed by atoms with van der Waals surface area (Å²) in [5.41, 5.74) is 6.18. The second kappa shape index (κ2) is 7.09. The summed E-state index contributed by atoms with van der Waals surface area (Å²) in [5, 5.41) is 0.663. The van der Waals surface area contributed by atoms with Crippen LogP contribution in [0.15, 0.2) is 29.2 Å². The van der Waals surface area contributed by atoms with Crippen LogP contribution in [-0.4, -0.2) is 31.0 Å². The fourth-order valence-corrected chi connectivity index (χ4v) is 4.69. The molecule has 1 aromatic carbocycles. The van der Waals surface area contributed by atoms with Gasteiger partial charge in [-0.05, 0) is 44.1 Å². The van der Waals surface area contributed by atoms with Gasteiger partial charge in [0.05, 0.1) is 4.90 Å². The Bertz CT molecular complexity index is 591. The van der Waals surface area contributed by atoms with Crippen molar-refractivity contribution in [3.05, 3.63) is 29.8 Å². The van der Waals surface area contributed by atoms with E-state index in [1.165, 1.54) is 0 Å². The molecule has 7 heteroatoms. The summed E-state index contributed by atoms with van der Waals surface area (Å²) in [7, 11) is -3.47. The smallest absolute Gasteiger partial charge is 0.240 e. The molecule has 1 saturated carbocycles. The van der Waals surface area contributed by atoms with Crippen molar-refractivity contribution >= 4 is 39.0 Å². The van der Waals surface area contributed by atoms with Gasteiger partial charge in [-0.25, -0.2) is 13.1 Å². The lowest BCUT2D eigenvalue weighted by atomic mass is 9.96. The summed E-state index contributed by atoms with van der Waals surface area (Å²) in [5.74, 6) is 0. The van der Waals surface area contributed by atoms with Crippen LogP contribution in [0.1, 0.15) is 31.2 Å². The first-order chi connectivity index (χ1) is 9.92. The van der Waals surface area contributed by atoms with Crippen LogP contribution in [0.2, 0.25) is 0 Å². The molecule has 0 heterocycles. The van der Waals surface area contributed by atoms with Crippen molar-refractivity contribution < 1.29 is 8.42 Å². The van der Waals surface area contributed by atoms with Gasteiger partial charge in [-0.15, -0.1) is 0 Å². The Labute approximate surface area is 135 Å². The largest absolute Gasteiger partial charge is 0.389 e. The van der Waals surface area contributed by atoms with E-state index in [4.69, 9.17) is 18.0 Å². The minimum Gasteiger partial charge on any atom is -0.389 e. The third kappa shape index (κ3) is 4.42. The zero-order valence-corrected chi connectivity index (χ0v) is 14.4. The highest BCUT2D eigenvalue weighted by Gasteiger charge is 2.25. The van der Waals surface area contributed by atoms with E-state index in [1.54, 1.807) is 24.3 Å². The number of sulfonamides is 1. The van der Waals surface area contributed by atoms with Gasteiger partial charge < -0.3 is 5.73 Å². The maximum absolute atomic E-state index is 12.4. The Morgan fingerprint density at radius 2 is 1.81 bits per heavy atom. The van der Waals surface area contributed by atoms with E-state index in [1.807, 2.05) is 11.8 Å². The van der Waals surface area contributed by atoms with E-state index < -0.39 is 10.0 Å². The van der Waals surface area contributed by atoms with Gasteiger partial charge in [0.2, 0.25) is 10.0 Å². The molecule has 0 aromatic heterocycles. The molecule has 0 amide bonds. The predicted molar refractivity (Wildman–Crippen MR) is 92.2 cm³/mol. The molecule has 2 rings (SSSR count). The van der Waals surface area contributed by atoms with Crippen molar-refractivity contribution in [2.75, 3.05) is 6.26 Å². The van der Waals surface area contributed by atoms with E-state index in [0.717, 1.165) is 25.7 Å². The maximum atomic E-state index is 12.4. The fourth-order valence-electron chi connectivity index (χ4n) is 2.50. The Morgan fingerprint density at radius 1 is 1.24 bits per heavy atom. The van der Waals surface area contributed by atoms with Gasteiger partial charge in [-0.3, -0.25) is 0 Å². The standard InChI is InChI=1S/C14H20N2O2S3/c1-20-12-6-4-11(5-7-12)16-21(17,18)13-8-2-10(3-9-13)14(15)19/h2-3,8-9,11-12,16H,4-7H2,1H3,(H2,15,19). The Morgan fingerprint density at radius 3 is 2.29 bits per heavy atom. The number of rotatable bonds is 5. The molecule has 0 atom stereocenters. The van der Waals surface area contributed by atoms with E-state index in [9.17, 15) is 8.42 Å². The van der Waals surface area contributed by atoms with Gasteiger partial charge in [-0.1, -0.05) is 24.4 Å². The molecular formula is C14H20N2O2S3. The minimum atomic E-state index is -3.47. The highest BCUT2D eigenvalue weighted by atomic mass is 32.2. The van der Waals surface area contributed by atoms with Crippen molar-refractivity contribution in [3.63, 3.8) is 0 Å². The summed E-state index contributed by atoms with van der Waals surface area (Å²) >= 11 is 6.73. The second-order valence-electron chi connectivity index (χ2n) is 5.22. The molecule has 0 aliphatic heterocycles. The fraction of sp³-hybridized carbons (Fsp3) is 0.500. The van der Waals surface area contributed by atoms with E-state index in [-0.39, 0.29) is 15.9 Å². The number of thiocarbonyl (C=S) groups is 1. The molecule has 0 radical (unpaired) electrons. The van der Waals surface area contributed by atoms with Crippen LogP contribution in [-0.2, 0) is 10.0 Å². The van der Waals surface area contributed by atoms with Gasteiger partial charge in [0.25, 0.3) is 0 Å². The SMILES string of the molecule is CSC1CCC(NS(=O)(=O)c2ccc(C(N)=S)cc2)CC1. The number of benzene rings is 1. The number of hydrogen-bond donors (Lipinski definition) is 2. The zero-order chi connectivity index (χ0) is 15.5. The topological polar surface area (TPSA) is 72.2 Å². The summed E-state index contributed by atoms with van der Waals surface area (Å²) in [4.78, 5) is 0.525. The zero-order valence-electron chi connectivity index (χ0n) is 11.9. The lowest BCUT2D eigenvalue weighted by Gasteiger charge is -2.27. The van der Waals surface area contributed by atoms with Gasteiger partial charge >= 0.3 is 0 Å². The van der Waals surface area contributed by atoms with Gasteiger partial charge in [0.15, 0.2) is 0 Å². The van der Waals surface area contributed by atoms with Gasteiger partial charge in [-0.2, -0.15) is 11.8 Å². The Hall–Kier alpha value is -0.630. The molecule has 1 aliphatic carbocycles. The summed E-state index contributed by atoms with van der Waals surface area (Å²) < 4.78 is 27.5. The molecular weight excluding hydrogens is 324 g/mol. The third-order valence-corrected chi connectivity index (χ3v) is 6.69. The lowest BCUT2D eigenvalue weighted by Crippen LogP contribution is -2.38. The van der Waals surface area contributed by atoms with Crippen LogP contribution in [0, 0.1) is 0 Å². The molecule has 21 heavy (non-hydrogen) atoms. The molecule has 1 fully saturated rings. The van der Waals surface area contributed by atoms with E-state index in [2.05, 4.69) is 11.0 Å². The maximum Gasteiger partial charge on any atom is 0.240 e. The normalized spacial score (nSPS) is 22.9. The lowest BCUT2D eigenvalue weighted by molar-refractivity contribution is 0.420. The van der Waals surface area contributed by atoms with Crippen LogP contribution in [0.25, 0.3) is 0 Å². The van der Waals surface area contributed by atoms with Crippen LogP contribution in [0.4, 0.5) is 0 Å². The van der Waals surface area contributed by atoms with Gasteiger partial charge in [0.1, 0.15) is 4.99 Å². The number of thioether (sulfide) groups is 1. The highest BCUT2D eigenvalue weighted by Crippen LogP contribution is 2.27. The molecule has 1 aliphatic rings. The first-order valence-electron chi connectivity index (χ1n) is 6.87. The number of nitrogens with two attached hydrogens (primary N) is 1. The van der Waals surface area contributed by atoms with Gasteiger partial charge in [0, 0.05) is 16.9 Å². The highest BCUT2D eigenvalue weighted by molar-refractivity contribution is 7.99. The van der Waals surface area contributed by atoms with Crippen LogP contribution in [0.5, 0.6) is 0 Å². The van der Waals surface area contributed by atoms with Crippen LogP contribution in [0.3, 0.4) is 0 Å². The van der Waals surface area contributed by atoms with Crippen molar-refractivity contribution in [1.29, 1.82) is 0 Å². The predicted octanol–water partition coefficient (Wildman–Crippen LogP) is 2.27. The monoisotopic (exact) mass is 344 g/mol.